The molecule has 0 aliphatic carbocycles. The Labute approximate surface area is 91.4 Å². The average molecular weight is 203 g/mol. The van der Waals surface area contributed by atoms with Gasteiger partial charge in [0.1, 0.15) is 0 Å². The van der Waals surface area contributed by atoms with Crippen molar-refractivity contribution in [2.24, 2.45) is 5.41 Å². The zero-order chi connectivity index (χ0) is 11.5. The maximum absolute atomic E-state index is 10.1. The van der Waals surface area contributed by atoms with E-state index in [0.717, 1.165) is 0 Å². The molecule has 0 radical (unpaired) electrons. The number of rotatable bonds is 1. The molecule has 1 atom stereocenters. The van der Waals surface area contributed by atoms with Crippen LogP contribution in [0.4, 0.5) is 0 Å². The molecule has 1 aromatic heterocycles. The lowest BCUT2D eigenvalue weighted by Gasteiger charge is -2.17. The first-order valence-electron chi connectivity index (χ1n) is 4.99. The van der Waals surface area contributed by atoms with E-state index in [0.29, 0.717) is 5.69 Å². The van der Waals surface area contributed by atoms with E-state index in [1.165, 1.54) is 0 Å². The zero-order valence-electron chi connectivity index (χ0n) is 9.70. The van der Waals surface area contributed by atoms with Crippen molar-refractivity contribution in [2.45, 2.75) is 33.3 Å². The molecule has 15 heavy (non-hydrogen) atoms. The predicted octanol–water partition coefficient (Wildman–Crippen LogP) is 2.34. The van der Waals surface area contributed by atoms with Gasteiger partial charge in [0, 0.05) is 11.6 Å². The Balaban J connectivity index is 2.98. The van der Waals surface area contributed by atoms with Gasteiger partial charge in [0.25, 0.3) is 0 Å². The normalized spacial score (nSPS) is 15.0. The molecule has 0 aromatic carbocycles. The Morgan fingerprint density at radius 1 is 1.13 bits per heavy atom. The van der Waals surface area contributed by atoms with Gasteiger partial charge in [0.15, 0.2) is 5.60 Å². The highest BCUT2D eigenvalue weighted by molar-refractivity contribution is 5.26. The summed E-state index contributed by atoms with van der Waals surface area (Å²) in [6, 6.07) is 5.43. The average Bonchev–Trinajstić information content (AvgIpc) is 2.16. The van der Waals surface area contributed by atoms with Crippen molar-refractivity contribution >= 4 is 0 Å². The second-order valence-corrected chi connectivity index (χ2v) is 4.79. The third-order valence-electron chi connectivity index (χ3n) is 1.84. The fraction of sp³-hybridized carbons (Fsp3) is 0.462. The van der Waals surface area contributed by atoms with Crippen LogP contribution in [0.5, 0.6) is 0 Å². The molecule has 1 N–H and O–H groups in total. The number of aromatic nitrogens is 1. The molecular formula is C13H17NO. The second kappa shape index (κ2) is 4.04. The number of hydrogen-bond donors (Lipinski definition) is 1. The third kappa shape index (κ3) is 3.73. The molecule has 1 rings (SSSR count). The lowest BCUT2D eigenvalue weighted by molar-refractivity contribution is 0.117. The van der Waals surface area contributed by atoms with Crippen molar-refractivity contribution in [3.8, 4) is 11.8 Å². The molecule has 0 bridgehead atoms. The summed E-state index contributed by atoms with van der Waals surface area (Å²) < 4.78 is 0. The maximum atomic E-state index is 10.1. The molecule has 0 aliphatic rings. The van der Waals surface area contributed by atoms with Gasteiger partial charge in [-0.25, -0.2) is 0 Å². The molecule has 2 heteroatoms. The highest BCUT2D eigenvalue weighted by atomic mass is 16.3. The summed E-state index contributed by atoms with van der Waals surface area (Å²) >= 11 is 0. The lowest BCUT2D eigenvalue weighted by atomic mass is 9.94. The van der Waals surface area contributed by atoms with Gasteiger partial charge in [-0.3, -0.25) is 4.98 Å². The van der Waals surface area contributed by atoms with Crippen LogP contribution in [-0.4, -0.2) is 10.1 Å². The third-order valence-corrected chi connectivity index (χ3v) is 1.84. The van der Waals surface area contributed by atoms with Crippen LogP contribution in [0.3, 0.4) is 0 Å². The van der Waals surface area contributed by atoms with Crippen LogP contribution < -0.4 is 0 Å². The summed E-state index contributed by atoms with van der Waals surface area (Å²) in [4.78, 5) is 4.10. The first-order valence-corrected chi connectivity index (χ1v) is 4.99. The summed E-state index contributed by atoms with van der Waals surface area (Å²) in [6.07, 6.45) is 1.66. The topological polar surface area (TPSA) is 33.1 Å². The fourth-order valence-corrected chi connectivity index (χ4v) is 1.02. The number of pyridine rings is 1. The molecule has 1 aromatic rings. The lowest BCUT2D eigenvalue weighted by Crippen LogP contribution is -2.20. The molecule has 0 amide bonds. The smallest absolute Gasteiger partial charge is 0.164 e. The van der Waals surface area contributed by atoms with Crippen molar-refractivity contribution in [2.75, 3.05) is 0 Å². The Morgan fingerprint density at radius 3 is 2.27 bits per heavy atom. The van der Waals surface area contributed by atoms with E-state index in [4.69, 9.17) is 0 Å². The van der Waals surface area contributed by atoms with E-state index in [1.54, 1.807) is 19.2 Å². The Hall–Kier alpha value is -1.33. The fourth-order valence-electron chi connectivity index (χ4n) is 1.02. The van der Waals surface area contributed by atoms with E-state index < -0.39 is 5.60 Å². The minimum absolute atomic E-state index is 0.112. The van der Waals surface area contributed by atoms with E-state index in [-0.39, 0.29) is 5.41 Å². The van der Waals surface area contributed by atoms with Crippen molar-refractivity contribution in [3.05, 3.63) is 30.1 Å². The zero-order valence-corrected chi connectivity index (χ0v) is 9.70. The van der Waals surface area contributed by atoms with Gasteiger partial charge in [-0.15, -0.1) is 0 Å². The number of nitrogens with zero attached hydrogens (tertiary/aromatic N) is 1. The van der Waals surface area contributed by atoms with Gasteiger partial charge in [-0.05, 0) is 39.8 Å². The summed E-state index contributed by atoms with van der Waals surface area (Å²) in [5.74, 6) is 5.88. The SMILES string of the molecule is CC(C)(C)C#CC(C)(O)c1ccccn1. The second-order valence-electron chi connectivity index (χ2n) is 4.79. The highest BCUT2D eigenvalue weighted by Crippen LogP contribution is 2.18. The summed E-state index contributed by atoms with van der Waals surface area (Å²) in [7, 11) is 0. The molecule has 0 saturated carbocycles. The van der Waals surface area contributed by atoms with E-state index >= 15 is 0 Å². The van der Waals surface area contributed by atoms with Gasteiger partial charge >= 0.3 is 0 Å². The first kappa shape index (κ1) is 11.7. The first-order chi connectivity index (χ1) is 6.81. The molecule has 1 heterocycles. The standard InChI is InChI=1S/C13H17NO/c1-12(2,3)8-9-13(4,15)11-7-5-6-10-14-11/h5-7,10,15H,1-4H3. The van der Waals surface area contributed by atoms with Crippen LogP contribution in [0.15, 0.2) is 24.4 Å². The molecule has 80 valence electrons. The Morgan fingerprint density at radius 2 is 1.80 bits per heavy atom. The van der Waals surface area contributed by atoms with Crippen molar-refractivity contribution < 1.29 is 5.11 Å². The highest BCUT2D eigenvalue weighted by Gasteiger charge is 2.21. The van der Waals surface area contributed by atoms with Crippen LogP contribution in [0.2, 0.25) is 0 Å². The number of hydrogen-bond acceptors (Lipinski definition) is 2. The quantitative estimate of drug-likeness (QED) is 0.711. The van der Waals surface area contributed by atoms with Crippen molar-refractivity contribution in [3.63, 3.8) is 0 Å². The molecule has 1 unspecified atom stereocenters. The largest absolute Gasteiger partial charge is 0.372 e. The van der Waals surface area contributed by atoms with Crippen LogP contribution in [0.1, 0.15) is 33.4 Å². The van der Waals surface area contributed by atoms with E-state index in [1.807, 2.05) is 32.9 Å². The monoisotopic (exact) mass is 203 g/mol. The maximum Gasteiger partial charge on any atom is 0.164 e. The van der Waals surface area contributed by atoms with Crippen LogP contribution in [0.25, 0.3) is 0 Å². The molecule has 2 nitrogen and oxygen atoms in total. The Kier molecular flexibility index (Phi) is 3.16. The van der Waals surface area contributed by atoms with Gasteiger partial charge < -0.3 is 5.11 Å². The minimum atomic E-state index is -1.17. The molecular weight excluding hydrogens is 186 g/mol. The Bertz CT molecular complexity index is 376. The molecule has 0 spiro atoms. The summed E-state index contributed by atoms with van der Waals surface area (Å²) in [5.41, 5.74) is -0.699. The minimum Gasteiger partial charge on any atom is -0.372 e. The van der Waals surface area contributed by atoms with Gasteiger partial charge in [0.05, 0.1) is 5.69 Å². The number of aliphatic hydroxyl groups is 1. The van der Waals surface area contributed by atoms with Crippen molar-refractivity contribution in [1.29, 1.82) is 0 Å². The van der Waals surface area contributed by atoms with E-state index in [2.05, 4.69) is 16.8 Å². The van der Waals surface area contributed by atoms with Gasteiger partial charge in [0.2, 0.25) is 0 Å². The van der Waals surface area contributed by atoms with Crippen LogP contribution in [-0.2, 0) is 5.60 Å². The summed E-state index contributed by atoms with van der Waals surface area (Å²) in [5, 5.41) is 10.1. The summed E-state index contributed by atoms with van der Waals surface area (Å²) in [6.45, 7) is 7.69. The van der Waals surface area contributed by atoms with Crippen molar-refractivity contribution in [1.82, 2.24) is 4.98 Å². The molecule has 0 fully saturated rings. The van der Waals surface area contributed by atoms with Crippen LogP contribution >= 0.6 is 0 Å². The predicted molar refractivity (Wildman–Crippen MR) is 61.0 cm³/mol. The molecule has 0 aliphatic heterocycles. The van der Waals surface area contributed by atoms with Gasteiger partial charge in [-0.2, -0.15) is 0 Å². The van der Waals surface area contributed by atoms with E-state index in [9.17, 15) is 5.11 Å². The van der Waals surface area contributed by atoms with Gasteiger partial charge in [-0.1, -0.05) is 17.9 Å². The molecule has 0 saturated heterocycles. The van der Waals surface area contributed by atoms with Crippen LogP contribution in [0, 0.1) is 17.3 Å².